The van der Waals surface area contributed by atoms with Crippen LogP contribution in [-0.2, 0) is 20.6 Å². The van der Waals surface area contributed by atoms with Crippen LogP contribution in [0.5, 0.6) is 0 Å². The van der Waals surface area contributed by atoms with Gasteiger partial charge in [-0.1, -0.05) is 46.9 Å². The normalized spacial score (nSPS) is 16.1. The molecule has 1 heterocycles. The zero-order valence-corrected chi connectivity index (χ0v) is 18.0. The van der Waals surface area contributed by atoms with Gasteiger partial charge in [0.15, 0.2) is 0 Å². The molecule has 1 aliphatic rings. The summed E-state index contributed by atoms with van der Waals surface area (Å²) >= 11 is 17.8. The van der Waals surface area contributed by atoms with E-state index in [1.54, 1.807) is 42.5 Å². The summed E-state index contributed by atoms with van der Waals surface area (Å²) in [5.41, 5.74) is 1.17. The third-order valence-electron chi connectivity index (χ3n) is 4.59. The number of carbonyl (C=O) groups is 1. The molecule has 2 aromatic rings. The van der Waals surface area contributed by atoms with Crippen molar-refractivity contribution in [2.24, 2.45) is 5.92 Å². The Morgan fingerprint density at radius 1 is 1.00 bits per heavy atom. The van der Waals surface area contributed by atoms with Crippen molar-refractivity contribution in [2.75, 3.05) is 18.4 Å². The average molecular weight is 462 g/mol. The van der Waals surface area contributed by atoms with Crippen LogP contribution in [0.3, 0.4) is 0 Å². The molecule has 1 amide bonds. The molecule has 0 spiro atoms. The van der Waals surface area contributed by atoms with Gasteiger partial charge in [0.2, 0.25) is 15.9 Å². The molecular formula is C19H19Cl3N2O3S. The lowest BCUT2D eigenvalue weighted by molar-refractivity contribution is -0.120. The summed E-state index contributed by atoms with van der Waals surface area (Å²) in [5, 5.41) is 4.18. The molecule has 150 valence electrons. The van der Waals surface area contributed by atoms with Gasteiger partial charge in [0.25, 0.3) is 0 Å². The Labute approximate surface area is 179 Å². The fraction of sp³-hybridized carbons (Fsp3) is 0.316. The highest BCUT2D eigenvalue weighted by Gasteiger charge is 2.31. The second-order valence-electron chi connectivity index (χ2n) is 6.71. The Morgan fingerprint density at radius 2 is 1.64 bits per heavy atom. The largest absolute Gasteiger partial charge is 0.326 e. The highest BCUT2D eigenvalue weighted by atomic mass is 35.5. The monoisotopic (exact) mass is 460 g/mol. The van der Waals surface area contributed by atoms with Crippen molar-refractivity contribution in [1.82, 2.24) is 4.31 Å². The maximum atomic E-state index is 12.7. The van der Waals surface area contributed by atoms with Gasteiger partial charge in [-0.3, -0.25) is 4.79 Å². The topological polar surface area (TPSA) is 66.5 Å². The molecule has 28 heavy (non-hydrogen) atoms. The molecular weight excluding hydrogens is 443 g/mol. The van der Waals surface area contributed by atoms with Crippen molar-refractivity contribution in [3.05, 3.63) is 63.1 Å². The summed E-state index contributed by atoms with van der Waals surface area (Å²) in [5.74, 6) is -0.536. The van der Waals surface area contributed by atoms with Crippen LogP contribution >= 0.6 is 34.8 Å². The number of amides is 1. The first-order chi connectivity index (χ1) is 13.2. The third-order valence-corrected chi connectivity index (χ3v) is 7.11. The van der Waals surface area contributed by atoms with Gasteiger partial charge in [-0.2, -0.15) is 0 Å². The molecule has 0 unspecified atom stereocenters. The summed E-state index contributed by atoms with van der Waals surface area (Å²) in [7, 11) is -3.46. The molecule has 0 radical (unpaired) electrons. The van der Waals surface area contributed by atoms with Crippen LogP contribution in [-0.4, -0.2) is 31.7 Å². The molecule has 0 aliphatic carbocycles. The minimum absolute atomic E-state index is 0.106. The van der Waals surface area contributed by atoms with E-state index in [4.69, 9.17) is 34.8 Å². The highest BCUT2D eigenvalue weighted by molar-refractivity contribution is 7.88. The van der Waals surface area contributed by atoms with Crippen LogP contribution in [0.15, 0.2) is 42.5 Å². The molecule has 0 bridgehead atoms. The third kappa shape index (κ3) is 5.61. The summed E-state index contributed by atoms with van der Waals surface area (Å²) in [4.78, 5) is 12.5. The Balaban J connectivity index is 1.58. The van der Waals surface area contributed by atoms with Crippen molar-refractivity contribution in [2.45, 2.75) is 18.6 Å². The SMILES string of the molecule is O=C(Nc1cc(Cl)cc(Cl)c1)C1CCN(S(=O)(=O)Cc2cccc(Cl)c2)CC1. The summed E-state index contributed by atoms with van der Waals surface area (Å²) in [6.07, 6.45) is 0.907. The van der Waals surface area contributed by atoms with E-state index in [1.807, 2.05) is 0 Å². The first-order valence-electron chi connectivity index (χ1n) is 8.72. The maximum Gasteiger partial charge on any atom is 0.227 e. The Kier molecular flexibility index (Phi) is 6.89. The molecule has 1 saturated heterocycles. The van der Waals surface area contributed by atoms with E-state index in [0.717, 1.165) is 0 Å². The van der Waals surface area contributed by atoms with E-state index in [-0.39, 0.29) is 17.6 Å². The lowest BCUT2D eigenvalue weighted by Crippen LogP contribution is -2.41. The summed E-state index contributed by atoms with van der Waals surface area (Å²) < 4.78 is 26.8. The number of hydrogen-bond donors (Lipinski definition) is 1. The minimum atomic E-state index is -3.46. The minimum Gasteiger partial charge on any atom is -0.326 e. The zero-order chi connectivity index (χ0) is 20.3. The van der Waals surface area contributed by atoms with E-state index >= 15 is 0 Å². The highest BCUT2D eigenvalue weighted by Crippen LogP contribution is 2.26. The van der Waals surface area contributed by atoms with Crippen LogP contribution in [0.25, 0.3) is 0 Å². The van der Waals surface area contributed by atoms with E-state index in [9.17, 15) is 13.2 Å². The Hall–Kier alpha value is -1.31. The molecule has 1 fully saturated rings. The zero-order valence-electron chi connectivity index (χ0n) is 14.9. The predicted molar refractivity (Wildman–Crippen MR) is 113 cm³/mol. The number of rotatable bonds is 5. The number of nitrogens with one attached hydrogen (secondary N) is 1. The van der Waals surface area contributed by atoms with Crippen LogP contribution in [0.2, 0.25) is 15.1 Å². The van der Waals surface area contributed by atoms with Crippen LogP contribution in [0.4, 0.5) is 5.69 Å². The maximum absolute atomic E-state index is 12.7. The van der Waals surface area contributed by atoms with E-state index in [2.05, 4.69) is 5.32 Å². The van der Waals surface area contributed by atoms with Gasteiger partial charge < -0.3 is 5.32 Å². The summed E-state index contributed by atoms with van der Waals surface area (Å²) in [6, 6.07) is 11.6. The second-order valence-corrected chi connectivity index (χ2v) is 9.99. The molecule has 0 saturated carbocycles. The van der Waals surface area contributed by atoms with Gasteiger partial charge in [0.05, 0.1) is 5.75 Å². The quantitative estimate of drug-likeness (QED) is 0.693. The van der Waals surface area contributed by atoms with Crippen LogP contribution in [0.1, 0.15) is 18.4 Å². The van der Waals surface area contributed by atoms with Crippen LogP contribution in [0, 0.1) is 5.92 Å². The number of hydrogen-bond acceptors (Lipinski definition) is 3. The van der Waals surface area contributed by atoms with Crippen molar-refractivity contribution in [3.63, 3.8) is 0 Å². The van der Waals surface area contributed by atoms with E-state index in [1.165, 1.54) is 4.31 Å². The number of piperidine rings is 1. The molecule has 2 aromatic carbocycles. The standard InChI is InChI=1S/C19H19Cl3N2O3S/c20-15-3-1-2-13(8-15)12-28(26,27)24-6-4-14(5-7-24)19(25)23-18-10-16(21)9-17(22)11-18/h1-3,8-11,14H,4-7,12H2,(H,23,25). The van der Waals surface area contributed by atoms with Gasteiger partial charge in [-0.05, 0) is 48.7 Å². The lowest BCUT2D eigenvalue weighted by Gasteiger charge is -2.30. The van der Waals surface area contributed by atoms with Crippen molar-refractivity contribution < 1.29 is 13.2 Å². The first kappa shape index (κ1) is 21.4. The smallest absolute Gasteiger partial charge is 0.227 e. The van der Waals surface area contributed by atoms with Crippen LogP contribution < -0.4 is 5.32 Å². The number of benzene rings is 2. The van der Waals surface area contributed by atoms with Gasteiger partial charge in [0, 0.05) is 39.8 Å². The number of halogens is 3. The number of anilines is 1. The second kappa shape index (κ2) is 9.01. The summed E-state index contributed by atoms with van der Waals surface area (Å²) in [6.45, 7) is 0.606. The number of carbonyl (C=O) groups excluding carboxylic acids is 1. The fourth-order valence-electron chi connectivity index (χ4n) is 3.20. The van der Waals surface area contributed by atoms with Gasteiger partial charge in [0.1, 0.15) is 0 Å². The fourth-order valence-corrected chi connectivity index (χ4v) is 5.48. The van der Waals surface area contributed by atoms with E-state index in [0.29, 0.717) is 52.2 Å². The molecule has 1 aliphatic heterocycles. The van der Waals surface area contributed by atoms with E-state index < -0.39 is 10.0 Å². The van der Waals surface area contributed by atoms with Gasteiger partial charge >= 0.3 is 0 Å². The van der Waals surface area contributed by atoms with Crippen molar-refractivity contribution >= 4 is 56.4 Å². The Bertz CT molecular complexity index is 954. The predicted octanol–water partition coefficient (Wildman–Crippen LogP) is 4.83. The molecule has 3 rings (SSSR count). The number of sulfonamides is 1. The van der Waals surface area contributed by atoms with Gasteiger partial charge in [-0.15, -0.1) is 0 Å². The first-order valence-corrected chi connectivity index (χ1v) is 11.5. The molecule has 0 aromatic heterocycles. The average Bonchev–Trinajstić information content (AvgIpc) is 2.60. The van der Waals surface area contributed by atoms with Crippen molar-refractivity contribution in [1.29, 1.82) is 0 Å². The van der Waals surface area contributed by atoms with Gasteiger partial charge in [-0.25, -0.2) is 12.7 Å². The Morgan fingerprint density at radius 3 is 2.25 bits per heavy atom. The molecule has 9 heteroatoms. The van der Waals surface area contributed by atoms with Crippen molar-refractivity contribution in [3.8, 4) is 0 Å². The number of nitrogens with zero attached hydrogens (tertiary/aromatic N) is 1. The molecule has 0 atom stereocenters. The lowest BCUT2D eigenvalue weighted by atomic mass is 9.97. The molecule has 1 N–H and O–H groups in total. The molecule has 5 nitrogen and oxygen atoms in total.